The molecule has 1 heterocycles. The van der Waals surface area contributed by atoms with Gasteiger partial charge in [-0.3, -0.25) is 0 Å². The molecule has 70 valence electrons. The average molecular weight is 177 g/mol. The minimum Gasteiger partial charge on any atom is -0.250 e. The Morgan fingerprint density at radius 1 is 1.46 bits per heavy atom. The fraction of sp³-hybridized carbons (Fsp3) is 0.600. The van der Waals surface area contributed by atoms with Gasteiger partial charge in [0.15, 0.2) is 0 Å². The Morgan fingerprint density at radius 2 is 2.38 bits per heavy atom. The molecule has 0 radical (unpaired) electrons. The van der Waals surface area contributed by atoms with E-state index in [1.165, 1.54) is 25.7 Å². The zero-order chi connectivity index (χ0) is 9.10. The third kappa shape index (κ3) is 1.79. The molecule has 0 aromatic carbocycles. The molecule has 3 nitrogen and oxygen atoms in total. The first kappa shape index (κ1) is 8.48. The number of hydrogen-bond acceptors (Lipinski definition) is 2. The van der Waals surface area contributed by atoms with Crippen molar-refractivity contribution in [2.45, 2.75) is 31.7 Å². The molecule has 0 N–H and O–H groups in total. The lowest BCUT2D eigenvalue weighted by Gasteiger charge is -2.26. The van der Waals surface area contributed by atoms with Gasteiger partial charge in [-0.15, -0.1) is 11.7 Å². The SMILES string of the molecule is C=C[C@@H]1CCC[C@H](n2ccnn2)C1. The first-order valence-electron chi connectivity index (χ1n) is 4.88. The lowest BCUT2D eigenvalue weighted by Crippen LogP contribution is -2.18. The molecular formula is C10H15N3. The van der Waals surface area contributed by atoms with E-state index in [1.807, 2.05) is 10.9 Å². The summed E-state index contributed by atoms with van der Waals surface area (Å²) in [6.45, 7) is 3.85. The topological polar surface area (TPSA) is 30.7 Å². The summed E-state index contributed by atoms with van der Waals surface area (Å²) in [5, 5.41) is 7.88. The zero-order valence-electron chi connectivity index (χ0n) is 7.76. The minimum absolute atomic E-state index is 0.541. The molecule has 0 unspecified atom stereocenters. The van der Waals surface area contributed by atoms with Crippen molar-refractivity contribution < 1.29 is 0 Å². The third-order valence-corrected chi connectivity index (χ3v) is 2.84. The second-order valence-electron chi connectivity index (χ2n) is 3.70. The Bertz CT molecular complexity index is 266. The molecule has 0 aliphatic heterocycles. The molecule has 1 saturated carbocycles. The molecule has 1 aromatic rings. The van der Waals surface area contributed by atoms with Gasteiger partial charge in [0.05, 0.1) is 12.2 Å². The van der Waals surface area contributed by atoms with Crippen LogP contribution < -0.4 is 0 Å². The van der Waals surface area contributed by atoms with Crippen LogP contribution in [-0.4, -0.2) is 15.0 Å². The van der Waals surface area contributed by atoms with Crippen molar-refractivity contribution >= 4 is 0 Å². The third-order valence-electron chi connectivity index (χ3n) is 2.84. The number of aromatic nitrogens is 3. The van der Waals surface area contributed by atoms with Crippen molar-refractivity contribution in [2.24, 2.45) is 5.92 Å². The maximum absolute atomic E-state index is 4.04. The first-order chi connectivity index (χ1) is 6.40. The molecule has 2 rings (SSSR count). The zero-order valence-corrected chi connectivity index (χ0v) is 7.76. The van der Waals surface area contributed by atoms with Crippen LogP contribution in [0.3, 0.4) is 0 Å². The van der Waals surface area contributed by atoms with Gasteiger partial charge in [-0.05, 0) is 25.2 Å². The van der Waals surface area contributed by atoms with E-state index in [0.717, 1.165) is 0 Å². The molecule has 1 aliphatic rings. The standard InChI is InChI=1S/C10H15N3/c1-2-9-4-3-5-10(8-9)13-7-6-11-12-13/h2,6-7,9-10H,1,3-5,8H2/t9-,10+/m1/s1. The van der Waals surface area contributed by atoms with Crippen LogP contribution in [0.1, 0.15) is 31.7 Å². The molecule has 13 heavy (non-hydrogen) atoms. The summed E-state index contributed by atoms with van der Waals surface area (Å²) in [6.07, 6.45) is 10.7. The van der Waals surface area contributed by atoms with Crippen LogP contribution in [0.2, 0.25) is 0 Å². The summed E-state index contributed by atoms with van der Waals surface area (Å²) in [4.78, 5) is 0. The number of allylic oxidation sites excluding steroid dienone is 1. The molecule has 1 aliphatic carbocycles. The quantitative estimate of drug-likeness (QED) is 0.648. The summed E-state index contributed by atoms with van der Waals surface area (Å²) < 4.78 is 1.98. The average Bonchev–Trinajstić information content (AvgIpc) is 2.71. The summed E-state index contributed by atoms with van der Waals surface area (Å²) in [6, 6.07) is 0.541. The first-order valence-corrected chi connectivity index (χ1v) is 4.88. The van der Waals surface area contributed by atoms with Crippen LogP contribution in [0, 0.1) is 5.92 Å². The van der Waals surface area contributed by atoms with Gasteiger partial charge in [0.2, 0.25) is 0 Å². The highest BCUT2D eigenvalue weighted by molar-refractivity contribution is 4.87. The lowest BCUT2D eigenvalue weighted by atomic mass is 9.86. The van der Waals surface area contributed by atoms with Gasteiger partial charge in [-0.2, -0.15) is 0 Å². The molecular weight excluding hydrogens is 162 g/mol. The predicted octanol–water partition coefficient (Wildman–Crippen LogP) is 2.20. The maximum atomic E-state index is 4.04. The van der Waals surface area contributed by atoms with Crippen LogP contribution in [0.15, 0.2) is 25.0 Å². The normalized spacial score (nSPS) is 28.6. The van der Waals surface area contributed by atoms with Crippen LogP contribution in [0.5, 0.6) is 0 Å². The second-order valence-corrected chi connectivity index (χ2v) is 3.70. The highest BCUT2D eigenvalue weighted by Crippen LogP contribution is 2.32. The Labute approximate surface area is 78.5 Å². The summed E-state index contributed by atoms with van der Waals surface area (Å²) in [5.74, 6) is 0.669. The molecule has 0 saturated heterocycles. The smallest absolute Gasteiger partial charge is 0.0693 e. The Hall–Kier alpha value is -1.12. The molecule has 0 spiro atoms. The van der Waals surface area contributed by atoms with Gasteiger partial charge >= 0.3 is 0 Å². The van der Waals surface area contributed by atoms with Crippen molar-refractivity contribution in [3.63, 3.8) is 0 Å². The van der Waals surface area contributed by atoms with Crippen molar-refractivity contribution in [1.82, 2.24) is 15.0 Å². The fourth-order valence-electron chi connectivity index (χ4n) is 2.07. The second kappa shape index (κ2) is 3.73. The van der Waals surface area contributed by atoms with Gasteiger partial charge in [0.1, 0.15) is 0 Å². The van der Waals surface area contributed by atoms with Gasteiger partial charge in [0, 0.05) is 6.20 Å². The summed E-state index contributed by atoms with van der Waals surface area (Å²) in [7, 11) is 0. The summed E-state index contributed by atoms with van der Waals surface area (Å²) in [5.41, 5.74) is 0. The van der Waals surface area contributed by atoms with Crippen LogP contribution in [-0.2, 0) is 0 Å². The van der Waals surface area contributed by atoms with E-state index < -0.39 is 0 Å². The number of rotatable bonds is 2. The number of nitrogens with zero attached hydrogens (tertiary/aromatic N) is 3. The van der Waals surface area contributed by atoms with E-state index in [0.29, 0.717) is 12.0 Å². The molecule has 2 atom stereocenters. The fourth-order valence-corrected chi connectivity index (χ4v) is 2.07. The molecule has 0 amide bonds. The van der Waals surface area contributed by atoms with Crippen LogP contribution >= 0.6 is 0 Å². The van der Waals surface area contributed by atoms with E-state index in [4.69, 9.17) is 0 Å². The van der Waals surface area contributed by atoms with Crippen molar-refractivity contribution in [2.75, 3.05) is 0 Å². The van der Waals surface area contributed by atoms with Gasteiger partial charge in [-0.25, -0.2) is 4.68 Å². The Balaban J connectivity index is 2.04. The highest BCUT2D eigenvalue weighted by atomic mass is 15.4. The summed E-state index contributed by atoms with van der Waals surface area (Å²) >= 11 is 0. The maximum Gasteiger partial charge on any atom is 0.0693 e. The van der Waals surface area contributed by atoms with E-state index in [9.17, 15) is 0 Å². The van der Waals surface area contributed by atoms with Gasteiger partial charge < -0.3 is 0 Å². The van der Waals surface area contributed by atoms with Crippen molar-refractivity contribution in [3.05, 3.63) is 25.0 Å². The van der Waals surface area contributed by atoms with E-state index in [-0.39, 0.29) is 0 Å². The molecule has 1 fully saturated rings. The number of hydrogen-bond donors (Lipinski definition) is 0. The van der Waals surface area contributed by atoms with Crippen LogP contribution in [0.25, 0.3) is 0 Å². The molecule has 1 aromatic heterocycles. The highest BCUT2D eigenvalue weighted by Gasteiger charge is 2.21. The monoisotopic (exact) mass is 177 g/mol. The van der Waals surface area contributed by atoms with Crippen molar-refractivity contribution in [1.29, 1.82) is 0 Å². The lowest BCUT2D eigenvalue weighted by molar-refractivity contribution is 0.281. The van der Waals surface area contributed by atoms with E-state index in [1.54, 1.807) is 6.20 Å². The van der Waals surface area contributed by atoms with E-state index >= 15 is 0 Å². The van der Waals surface area contributed by atoms with Gasteiger partial charge in [-0.1, -0.05) is 17.7 Å². The van der Waals surface area contributed by atoms with Crippen molar-refractivity contribution in [3.8, 4) is 0 Å². The van der Waals surface area contributed by atoms with E-state index in [2.05, 4.69) is 23.0 Å². The predicted molar refractivity (Wildman–Crippen MR) is 51.2 cm³/mol. The Morgan fingerprint density at radius 3 is 3.08 bits per heavy atom. The molecule has 0 bridgehead atoms. The van der Waals surface area contributed by atoms with Gasteiger partial charge in [0.25, 0.3) is 0 Å². The Kier molecular flexibility index (Phi) is 2.43. The minimum atomic E-state index is 0.541. The van der Waals surface area contributed by atoms with Crippen LogP contribution in [0.4, 0.5) is 0 Å². The molecule has 3 heteroatoms. The largest absolute Gasteiger partial charge is 0.250 e.